The molecule has 0 aliphatic carbocycles. The number of aryl methyl sites for hydroxylation is 2. The third-order valence-corrected chi connectivity index (χ3v) is 3.46. The largest absolute Gasteiger partial charge is 0.436 e. The lowest BCUT2D eigenvalue weighted by Crippen LogP contribution is -2.05. The summed E-state index contributed by atoms with van der Waals surface area (Å²) >= 11 is 0. The van der Waals surface area contributed by atoms with Gasteiger partial charge in [0.2, 0.25) is 11.8 Å². The van der Waals surface area contributed by atoms with Crippen LogP contribution < -0.4 is 5.32 Å². The van der Waals surface area contributed by atoms with Crippen molar-refractivity contribution in [3.63, 3.8) is 0 Å². The van der Waals surface area contributed by atoms with Crippen LogP contribution in [0.4, 0.5) is 5.69 Å². The third-order valence-electron chi connectivity index (χ3n) is 3.46. The van der Waals surface area contributed by atoms with Gasteiger partial charge in [-0.2, -0.15) is 0 Å². The predicted octanol–water partition coefficient (Wildman–Crippen LogP) is 4.07. The molecule has 0 saturated carbocycles. The molecule has 0 saturated heterocycles. The van der Waals surface area contributed by atoms with Gasteiger partial charge >= 0.3 is 0 Å². The Morgan fingerprint density at radius 1 is 1.10 bits per heavy atom. The summed E-state index contributed by atoms with van der Waals surface area (Å²) in [6.07, 6.45) is 0. The van der Waals surface area contributed by atoms with Crippen molar-refractivity contribution in [2.75, 3.05) is 5.32 Å². The van der Waals surface area contributed by atoms with Crippen LogP contribution in [0.3, 0.4) is 0 Å². The topological polar surface area (TPSA) is 55.1 Å². The summed E-state index contributed by atoms with van der Waals surface area (Å²) in [6, 6.07) is 11.5. The first-order valence-electron chi connectivity index (χ1n) is 6.79. The summed E-state index contributed by atoms with van der Waals surface area (Å²) in [6.45, 7) is 5.60. The summed E-state index contributed by atoms with van der Waals surface area (Å²) in [4.78, 5) is 15.5. The molecule has 21 heavy (non-hydrogen) atoms. The Morgan fingerprint density at radius 3 is 2.43 bits per heavy atom. The molecule has 1 amide bonds. The summed E-state index contributed by atoms with van der Waals surface area (Å²) in [5.41, 5.74) is 5.68. The minimum absolute atomic E-state index is 0.0874. The van der Waals surface area contributed by atoms with Gasteiger partial charge in [-0.05, 0) is 61.4 Å². The molecule has 3 aromatic rings. The van der Waals surface area contributed by atoms with E-state index in [-0.39, 0.29) is 5.91 Å². The zero-order valence-electron chi connectivity index (χ0n) is 12.2. The number of carbonyl (C=O) groups excluding carboxylic acids is 1. The number of anilines is 1. The number of amides is 1. The minimum Gasteiger partial charge on any atom is -0.436 e. The number of hydrogen-bond acceptors (Lipinski definition) is 3. The maximum Gasteiger partial charge on any atom is 0.227 e. The van der Waals surface area contributed by atoms with Gasteiger partial charge in [-0.15, -0.1) is 0 Å². The molecule has 0 aliphatic heterocycles. The fraction of sp³-hybridized carbons (Fsp3) is 0.176. The SMILES string of the molecule is CC(=O)Nc1ccc(-c2nc3cc(C)c(C)cc3o2)cc1. The molecule has 0 atom stereocenters. The van der Waals surface area contributed by atoms with Gasteiger partial charge in [0, 0.05) is 18.2 Å². The molecular weight excluding hydrogens is 264 g/mol. The van der Waals surface area contributed by atoms with Crippen LogP contribution in [0.5, 0.6) is 0 Å². The van der Waals surface area contributed by atoms with Crippen LogP contribution in [-0.4, -0.2) is 10.9 Å². The number of nitrogens with one attached hydrogen (secondary N) is 1. The normalized spacial score (nSPS) is 10.8. The number of oxazole rings is 1. The second-order valence-corrected chi connectivity index (χ2v) is 5.18. The van der Waals surface area contributed by atoms with Crippen molar-refractivity contribution in [1.29, 1.82) is 0 Å². The standard InChI is InChI=1S/C17H16N2O2/c1-10-8-15-16(9-11(10)2)21-17(19-15)13-4-6-14(7-5-13)18-12(3)20/h4-9H,1-3H3,(H,18,20). The average molecular weight is 280 g/mol. The number of fused-ring (bicyclic) bond motifs is 1. The van der Waals surface area contributed by atoms with Gasteiger partial charge < -0.3 is 9.73 Å². The second-order valence-electron chi connectivity index (χ2n) is 5.18. The Labute approximate surface area is 122 Å². The van der Waals surface area contributed by atoms with Crippen molar-refractivity contribution in [1.82, 2.24) is 4.98 Å². The van der Waals surface area contributed by atoms with E-state index in [1.165, 1.54) is 18.1 Å². The second kappa shape index (κ2) is 5.05. The highest BCUT2D eigenvalue weighted by atomic mass is 16.3. The number of carbonyl (C=O) groups is 1. The van der Waals surface area contributed by atoms with Crippen molar-refractivity contribution in [3.05, 3.63) is 47.5 Å². The highest BCUT2D eigenvalue weighted by molar-refractivity contribution is 5.89. The lowest BCUT2D eigenvalue weighted by Gasteiger charge is -2.01. The van der Waals surface area contributed by atoms with E-state index >= 15 is 0 Å². The minimum atomic E-state index is -0.0874. The van der Waals surface area contributed by atoms with E-state index in [0.717, 1.165) is 22.4 Å². The molecule has 1 heterocycles. The zero-order chi connectivity index (χ0) is 15.0. The summed E-state index contributed by atoms with van der Waals surface area (Å²) in [5.74, 6) is 0.500. The average Bonchev–Trinajstić information content (AvgIpc) is 2.82. The van der Waals surface area contributed by atoms with Gasteiger partial charge in [0.05, 0.1) is 0 Å². The van der Waals surface area contributed by atoms with Crippen LogP contribution in [0.1, 0.15) is 18.1 Å². The Kier molecular flexibility index (Phi) is 3.22. The first-order chi connectivity index (χ1) is 10.0. The van der Waals surface area contributed by atoms with Crippen molar-refractivity contribution in [3.8, 4) is 11.5 Å². The van der Waals surface area contributed by atoms with Crippen LogP contribution in [0.2, 0.25) is 0 Å². The quantitative estimate of drug-likeness (QED) is 0.769. The maximum absolute atomic E-state index is 11.0. The number of nitrogens with zero attached hydrogens (tertiary/aromatic N) is 1. The van der Waals surface area contributed by atoms with Gasteiger partial charge in [0.25, 0.3) is 0 Å². The van der Waals surface area contributed by atoms with Gasteiger partial charge in [-0.3, -0.25) is 4.79 Å². The monoisotopic (exact) mass is 280 g/mol. The summed E-state index contributed by atoms with van der Waals surface area (Å²) in [5, 5.41) is 2.74. The molecule has 1 aromatic heterocycles. The molecule has 0 unspecified atom stereocenters. The highest BCUT2D eigenvalue weighted by Crippen LogP contribution is 2.27. The number of rotatable bonds is 2. The lowest BCUT2D eigenvalue weighted by atomic mass is 10.1. The lowest BCUT2D eigenvalue weighted by molar-refractivity contribution is -0.114. The Hall–Kier alpha value is -2.62. The van der Waals surface area contributed by atoms with E-state index in [0.29, 0.717) is 5.89 Å². The summed E-state index contributed by atoms with van der Waals surface area (Å²) in [7, 11) is 0. The van der Waals surface area contributed by atoms with Crippen LogP contribution in [0, 0.1) is 13.8 Å². The molecular formula is C17H16N2O2. The molecule has 0 bridgehead atoms. The van der Waals surface area contributed by atoms with Gasteiger partial charge in [0.1, 0.15) is 5.52 Å². The molecule has 0 fully saturated rings. The van der Waals surface area contributed by atoms with E-state index in [1.54, 1.807) is 0 Å². The van der Waals surface area contributed by atoms with Crippen molar-refractivity contribution < 1.29 is 9.21 Å². The first kappa shape index (κ1) is 13.4. The third kappa shape index (κ3) is 2.65. The predicted molar refractivity (Wildman–Crippen MR) is 83.2 cm³/mol. The molecule has 2 aromatic carbocycles. The van der Waals surface area contributed by atoms with Crippen LogP contribution in [0.25, 0.3) is 22.6 Å². The van der Waals surface area contributed by atoms with Gasteiger partial charge in [-0.1, -0.05) is 0 Å². The smallest absolute Gasteiger partial charge is 0.227 e. The van der Waals surface area contributed by atoms with Crippen molar-refractivity contribution in [2.24, 2.45) is 0 Å². The Balaban J connectivity index is 1.98. The molecule has 0 radical (unpaired) electrons. The van der Waals surface area contributed by atoms with E-state index in [9.17, 15) is 4.79 Å². The van der Waals surface area contributed by atoms with E-state index < -0.39 is 0 Å². The molecule has 4 heteroatoms. The molecule has 106 valence electrons. The summed E-state index contributed by atoms with van der Waals surface area (Å²) < 4.78 is 5.81. The first-order valence-corrected chi connectivity index (χ1v) is 6.79. The van der Waals surface area contributed by atoms with E-state index in [4.69, 9.17) is 4.42 Å². The van der Waals surface area contributed by atoms with Crippen molar-refractivity contribution >= 4 is 22.7 Å². The van der Waals surface area contributed by atoms with E-state index in [1.807, 2.05) is 36.4 Å². The fourth-order valence-corrected chi connectivity index (χ4v) is 2.20. The van der Waals surface area contributed by atoms with Crippen LogP contribution >= 0.6 is 0 Å². The van der Waals surface area contributed by atoms with Crippen LogP contribution in [-0.2, 0) is 4.79 Å². The van der Waals surface area contributed by atoms with Crippen LogP contribution in [0.15, 0.2) is 40.8 Å². The van der Waals surface area contributed by atoms with Gasteiger partial charge in [0.15, 0.2) is 5.58 Å². The highest BCUT2D eigenvalue weighted by Gasteiger charge is 2.09. The molecule has 0 aliphatic rings. The van der Waals surface area contributed by atoms with E-state index in [2.05, 4.69) is 24.1 Å². The molecule has 3 rings (SSSR count). The fourth-order valence-electron chi connectivity index (χ4n) is 2.20. The molecule has 0 spiro atoms. The Bertz CT molecular complexity index is 778. The molecule has 4 nitrogen and oxygen atoms in total. The van der Waals surface area contributed by atoms with Crippen molar-refractivity contribution in [2.45, 2.75) is 20.8 Å². The zero-order valence-corrected chi connectivity index (χ0v) is 12.2. The number of benzene rings is 2. The molecule has 1 N–H and O–H groups in total. The maximum atomic E-state index is 11.0. The number of aromatic nitrogens is 1. The Morgan fingerprint density at radius 2 is 1.76 bits per heavy atom. The van der Waals surface area contributed by atoms with Gasteiger partial charge in [-0.25, -0.2) is 4.98 Å². The number of hydrogen-bond donors (Lipinski definition) is 1.